The van der Waals surface area contributed by atoms with Crippen molar-refractivity contribution >= 4 is 21.4 Å². The second-order valence-corrected chi connectivity index (χ2v) is 6.08. The van der Waals surface area contributed by atoms with Gasteiger partial charge in [0.1, 0.15) is 0 Å². The number of nitrogens with one attached hydrogen (secondary N) is 1. The van der Waals surface area contributed by atoms with Crippen LogP contribution in [0.25, 0.3) is 0 Å². The van der Waals surface area contributed by atoms with Crippen molar-refractivity contribution in [2.75, 3.05) is 5.75 Å². The summed E-state index contributed by atoms with van der Waals surface area (Å²) in [5.41, 5.74) is 0.974. The molecular formula is C11H12ClNO2S. The summed E-state index contributed by atoms with van der Waals surface area (Å²) in [5.74, 6) is 0.136. The second-order valence-electron chi connectivity index (χ2n) is 3.74. The highest BCUT2D eigenvalue weighted by molar-refractivity contribution is 7.94. The Bertz CT molecular complexity index is 510. The van der Waals surface area contributed by atoms with E-state index in [2.05, 4.69) is 5.32 Å². The van der Waals surface area contributed by atoms with Crippen molar-refractivity contribution in [1.82, 2.24) is 5.32 Å². The zero-order valence-corrected chi connectivity index (χ0v) is 10.1. The van der Waals surface area contributed by atoms with E-state index in [1.54, 1.807) is 6.08 Å². The molecule has 0 aromatic heterocycles. The van der Waals surface area contributed by atoms with Crippen LogP contribution in [0, 0.1) is 0 Å². The van der Waals surface area contributed by atoms with Crippen molar-refractivity contribution in [1.29, 1.82) is 0 Å². The molecule has 0 unspecified atom stereocenters. The lowest BCUT2D eigenvalue weighted by Crippen LogP contribution is -2.29. The standard InChI is InChI=1S/C11H12ClNO2S/c12-11-4-2-1-3-9(11)7-13-10-5-6-16(14,15)8-10/h1-6,10,13H,7-8H2/t10-/m0/s1. The van der Waals surface area contributed by atoms with Crippen LogP contribution in [0.5, 0.6) is 0 Å². The van der Waals surface area contributed by atoms with E-state index in [0.29, 0.717) is 11.6 Å². The average Bonchev–Trinajstić information content (AvgIpc) is 2.57. The lowest BCUT2D eigenvalue weighted by Gasteiger charge is -2.10. The first kappa shape index (κ1) is 11.6. The summed E-state index contributed by atoms with van der Waals surface area (Å²) in [4.78, 5) is 0. The van der Waals surface area contributed by atoms with Crippen LogP contribution in [0.2, 0.25) is 5.02 Å². The highest BCUT2D eigenvalue weighted by Gasteiger charge is 2.20. The van der Waals surface area contributed by atoms with Gasteiger partial charge in [-0.3, -0.25) is 0 Å². The quantitative estimate of drug-likeness (QED) is 0.897. The van der Waals surface area contributed by atoms with Crippen molar-refractivity contribution in [2.45, 2.75) is 12.6 Å². The maximum absolute atomic E-state index is 11.2. The first-order chi connectivity index (χ1) is 7.57. The normalized spacial score (nSPS) is 22.4. The van der Waals surface area contributed by atoms with Gasteiger partial charge in [0, 0.05) is 23.0 Å². The van der Waals surface area contributed by atoms with Gasteiger partial charge in [-0.15, -0.1) is 0 Å². The van der Waals surface area contributed by atoms with Crippen molar-refractivity contribution < 1.29 is 8.42 Å². The smallest absolute Gasteiger partial charge is 0.173 e. The van der Waals surface area contributed by atoms with Crippen LogP contribution in [0.4, 0.5) is 0 Å². The molecule has 3 nitrogen and oxygen atoms in total. The van der Waals surface area contributed by atoms with E-state index in [-0.39, 0.29) is 11.8 Å². The first-order valence-corrected chi connectivity index (χ1v) is 7.04. The number of halogens is 1. The zero-order valence-electron chi connectivity index (χ0n) is 8.56. The van der Waals surface area contributed by atoms with Gasteiger partial charge in [0.05, 0.1) is 5.75 Å². The minimum atomic E-state index is -2.99. The molecule has 0 bridgehead atoms. The summed E-state index contributed by atoms with van der Waals surface area (Å²) in [6.07, 6.45) is 1.67. The van der Waals surface area contributed by atoms with Gasteiger partial charge in [-0.25, -0.2) is 8.42 Å². The third kappa shape index (κ3) is 2.84. The number of sulfone groups is 1. The fraction of sp³-hybridized carbons (Fsp3) is 0.273. The summed E-state index contributed by atoms with van der Waals surface area (Å²) < 4.78 is 22.3. The lowest BCUT2D eigenvalue weighted by atomic mass is 10.2. The molecule has 0 spiro atoms. The maximum atomic E-state index is 11.2. The van der Waals surface area contributed by atoms with Crippen LogP contribution >= 0.6 is 11.6 Å². The van der Waals surface area contributed by atoms with Crippen LogP contribution < -0.4 is 5.32 Å². The summed E-state index contributed by atoms with van der Waals surface area (Å²) in [6.45, 7) is 0.574. The topological polar surface area (TPSA) is 46.2 Å². The molecule has 2 rings (SSSR count). The fourth-order valence-electron chi connectivity index (χ4n) is 1.59. The van der Waals surface area contributed by atoms with E-state index < -0.39 is 9.84 Å². The molecular weight excluding hydrogens is 246 g/mol. The average molecular weight is 258 g/mol. The molecule has 1 aromatic carbocycles. The second kappa shape index (κ2) is 4.57. The third-order valence-corrected chi connectivity index (χ3v) is 4.21. The number of hydrogen-bond acceptors (Lipinski definition) is 3. The molecule has 5 heteroatoms. The predicted molar refractivity (Wildman–Crippen MR) is 65.0 cm³/mol. The van der Waals surface area contributed by atoms with Crippen LogP contribution in [0.15, 0.2) is 35.7 Å². The molecule has 0 saturated heterocycles. The summed E-state index contributed by atoms with van der Waals surface area (Å²) in [7, 11) is -2.99. The van der Waals surface area contributed by atoms with E-state index in [4.69, 9.17) is 11.6 Å². The number of rotatable bonds is 3. The van der Waals surface area contributed by atoms with Crippen LogP contribution in [0.1, 0.15) is 5.56 Å². The highest BCUT2D eigenvalue weighted by atomic mass is 35.5. The van der Waals surface area contributed by atoms with Crippen molar-refractivity contribution in [3.05, 3.63) is 46.3 Å². The Balaban J connectivity index is 1.95. The van der Waals surface area contributed by atoms with E-state index in [1.807, 2.05) is 24.3 Å². The van der Waals surface area contributed by atoms with E-state index >= 15 is 0 Å². The number of benzene rings is 1. The summed E-state index contributed by atoms with van der Waals surface area (Å²) >= 11 is 5.99. The minimum Gasteiger partial charge on any atom is -0.305 e. The fourth-order valence-corrected chi connectivity index (χ4v) is 3.06. The van der Waals surface area contributed by atoms with E-state index in [1.165, 1.54) is 5.41 Å². The highest BCUT2D eigenvalue weighted by Crippen LogP contribution is 2.15. The molecule has 0 aliphatic carbocycles. The Morgan fingerprint density at radius 2 is 2.12 bits per heavy atom. The Labute approximate surface area is 100 Å². The van der Waals surface area contributed by atoms with Gasteiger partial charge in [-0.1, -0.05) is 35.9 Å². The van der Waals surface area contributed by atoms with E-state index in [0.717, 1.165) is 5.56 Å². The van der Waals surface area contributed by atoms with Crippen LogP contribution in [-0.4, -0.2) is 20.2 Å². The molecule has 1 heterocycles. The third-order valence-electron chi connectivity index (χ3n) is 2.44. The molecule has 1 aliphatic heterocycles. The predicted octanol–water partition coefficient (Wildman–Crippen LogP) is 1.74. The Morgan fingerprint density at radius 1 is 1.38 bits per heavy atom. The van der Waals surface area contributed by atoms with Gasteiger partial charge in [-0.2, -0.15) is 0 Å². The Hall–Kier alpha value is -0.840. The van der Waals surface area contributed by atoms with Gasteiger partial charge in [0.15, 0.2) is 9.84 Å². The minimum absolute atomic E-state index is 0.110. The molecule has 1 aromatic rings. The molecule has 0 radical (unpaired) electrons. The van der Waals surface area contributed by atoms with Gasteiger partial charge < -0.3 is 5.32 Å². The van der Waals surface area contributed by atoms with Crippen LogP contribution in [-0.2, 0) is 16.4 Å². The number of hydrogen-bond donors (Lipinski definition) is 1. The monoisotopic (exact) mass is 257 g/mol. The Kier molecular flexibility index (Phi) is 3.33. The zero-order chi connectivity index (χ0) is 11.6. The maximum Gasteiger partial charge on any atom is 0.173 e. The molecule has 0 fully saturated rings. The van der Waals surface area contributed by atoms with Crippen molar-refractivity contribution in [3.8, 4) is 0 Å². The van der Waals surface area contributed by atoms with Gasteiger partial charge in [0.2, 0.25) is 0 Å². The molecule has 0 amide bonds. The SMILES string of the molecule is O=S1(=O)C=C[C@H](NCc2ccccc2Cl)C1. The molecule has 1 atom stereocenters. The van der Waals surface area contributed by atoms with Gasteiger partial charge in [-0.05, 0) is 11.6 Å². The van der Waals surface area contributed by atoms with Gasteiger partial charge >= 0.3 is 0 Å². The van der Waals surface area contributed by atoms with Crippen LogP contribution in [0.3, 0.4) is 0 Å². The Morgan fingerprint density at radius 3 is 2.75 bits per heavy atom. The molecule has 1 N–H and O–H groups in total. The molecule has 86 valence electrons. The molecule has 1 aliphatic rings. The molecule has 0 saturated carbocycles. The lowest BCUT2D eigenvalue weighted by molar-refractivity contribution is 0.590. The van der Waals surface area contributed by atoms with E-state index in [9.17, 15) is 8.42 Å². The van der Waals surface area contributed by atoms with Crippen molar-refractivity contribution in [2.24, 2.45) is 0 Å². The molecule has 16 heavy (non-hydrogen) atoms. The summed E-state index contributed by atoms with van der Waals surface area (Å²) in [6, 6.07) is 7.40. The van der Waals surface area contributed by atoms with Crippen molar-refractivity contribution in [3.63, 3.8) is 0 Å². The van der Waals surface area contributed by atoms with Gasteiger partial charge in [0.25, 0.3) is 0 Å². The largest absolute Gasteiger partial charge is 0.305 e. The summed E-state index contributed by atoms with van der Waals surface area (Å²) in [5, 5.41) is 5.10. The first-order valence-electron chi connectivity index (χ1n) is 4.94.